The van der Waals surface area contributed by atoms with Crippen LogP contribution in [0.3, 0.4) is 0 Å². The first kappa shape index (κ1) is 19.4. The maximum Gasteiger partial charge on any atom is 0.258 e. The SMILES string of the molecule is O=C(NC(=S)Nc1ccc(-c2ccc(CO)o2)cc1)c1ccc(Cl)cc1Cl. The highest BCUT2D eigenvalue weighted by molar-refractivity contribution is 7.80. The average molecular weight is 421 g/mol. The normalized spacial score (nSPS) is 10.5. The van der Waals surface area contributed by atoms with E-state index in [1.165, 1.54) is 12.1 Å². The lowest BCUT2D eigenvalue weighted by Crippen LogP contribution is -2.34. The largest absolute Gasteiger partial charge is 0.459 e. The number of benzene rings is 2. The smallest absolute Gasteiger partial charge is 0.258 e. The molecular formula is C19H14Cl2N2O3S. The van der Waals surface area contributed by atoms with Gasteiger partial charge in [0.25, 0.3) is 5.91 Å². The summed E-state index contributed by atoms with van der Waals surface area (Å²) < 4.78 is 5.49. The monoisotopic (exact) mass is 420 g/mol. The van der Waals surface area contributed by atoms with E-state index < -0.39 is 5.91 Å². The van der Waals surface area contributed by atoms with Crippen molar-refractivity contribution >= 4 is 52.1 Å². The van der Waals surface area contributed by atoms with Gasteiger partial charge in [0, 0.05) is 16.3 Å². The first-order chi connectivity index (χ1) is 13.0. The predicted molar refractivity (Wildman–Crippen MR) is 110 cm³/mol. The maximum absolute atomic E-state index is 12.2. The van der Waals surface area contributed by atoms with Gasteiger partial charge in [-0.2, -0.15) is 0 Å². The van der Waals surface area contributed by atoms with E-state index in [2.05, 4.69) is 10.6 Å². The summed E-state index contributed by atoms with van der Waals surface area (Å²) in [4.78, 5) is 12.2. The van der Waals surface area contributed by atoms with E-state index in [4.69, 9.17) is 44.9 Å². The van der Waals surface area contributed by atoms with Crippen LogP contribution in [0, 0.1) is 0 Å². The van der Waals surface area contributed by atoms with Crippen LogP contribution in [0.5, 0.6) is 0 Å². The van der Waals surface area contributed by atoms with Crippen LogP contribution in [0.2, 0.25) is 10.0 Å². The molecule has 27 heavy (non-hydrogen) atoms. The van der Waals surface area contributed by atoms with Crippen molar-refractivity contribution in [3.63, 3.8) is 0 Å². The number of aliphatic hydroxyl groups is 1. The van der Waals surface area contributed by atoms with E-state index in [1.807, 2.05) is 12.1 Å². The lowest BCUT2D eigenvalue weighted by atomic mass is 10.1. The summed E-state index contributed by atoms with van der Waals surface area (Å²) in [6.45, 7) is -0.148. The second-order valence-corrected chi connectivity index (χ2v) is 6.79. The van der Waals surface area contributed by atoms with Crippen LogP contribution in [0.25, 0.3) is 11.3 Å². The second kappa shape index (κ2) is 8.54. The molecule has 3 N–H and O–H groups in total. The van der Waals surface area contributed by atoms with E-state index in [9.17, 15) is 4.79 Å². The van der Waals surface area contributed by atoms with Crippen LogP contribution in [0.4, 0.5) is 5.69 Å². The van der Waals surface area contributed by atoms with Crippen molar-refractivity contribution in [2.24, 2.45) is 0 Å². The molecule has 0 aliphatic rings. The van der Waals surface area contributed by atoms with Gasteiger partial charge in [-0.05, 0) is 66.8 Å². The fraction of sp³-hybridized carbons (Fsp3) is 0.0526. The molecule has 0 aliphatic carbocycles. The molecule has 0 aliphatic heterocycles. The number of hydrogen-bond donors (Lipinski definition) is 3. The molecule has 0 saturated carbocycles. The lowest BCUT2D eigenvalue weighted by molar-refractivity contribution is 0.0978. The molecule has 3 aromatic rings. The summed E-state index contributed by atoms with van der Waals surface area (Å²) in [6, 6.07) is 15.4. The second-order valence-electron chi connectivity index (χ2n) is 5.53. The zero-order valence-electron chi connectivity index (χ0n) is 13.8. The average Bonchev–Trinajstić information content (AvgIpc) is 3.11. The van der Waals surface area contributed by atoms with E-state index in [0.29, 0.717) is 22.2 Å². The number of carbonyl (C=O) groups is 1. The summed E-state index contributed by atoms with van der Waals surface area (Å²) in [5.41, 5.74) is 1.82. The molecule has 8 heteroatoms. The number of aliphatic hydroxyl groups excluding tert-OH is 1. The van der Waals surface area contributed by atoms with Crippen molar-refractivity contribution in [2.75, 3.05) is 5.32 Å². The Morgan fingerprint density at radius 2 is 1.81 bits per heavy atom. The van der Waals surface area contributed by atoms with E-state index in [-0.39, 0.29) is 22.3 Å². The van der Waals surface area contributed by atoms with Gasteiger partial charge in [0.1, 0.15) is 18.1 Å². The summed E-state index contributed by atoms with van der Waals surface area (Å²) in [7, 11) is 0. The zero-order chi connectivity index (χ0) is 19.4. The van der Waals surface area contributed by atoms with Crippen LogP contribution in [0.1, 0.15) is 16.1 Å². The number of carbonyl (C=O) groups excluding carboxylic acids is 1. The van der Waals surface area contributed by atoms with Crippen molar-refractivity contribution in [1.82, 2.24) is 5.32 Å². The van der Waals surface area contributed by atoms with Crippen molar-refractivity contribution < 1.29 is 14.3 Å². The molecule has 5 nitrogen and oxygen atoms in total. The van der Waals surface area contributed by atoms with Gasteiger partial charge in [0.15, 0.2) is 5.11 Å². The number of nitrogens with one attached hydrogen (secondary N) is 2. The lowest BCUT2D eigenvalue weighted by Gasteiger charge is -2.11. The standard InChI is InChI=1S/C19H14Cl2N2O3S/c20-12-3-7-15(16(21)9-12)18(25)23-19(27)22-13-4-1-11(2-5-13)17-8-6-14(10-24)26-17/h1-9,24H,10H2,(H2,22,23,25,27). The molecule has 1 aromatic heterocycles. The highest BCUT2D eigenvalue weighted by Gasteiger charge is 2.12. The molecule has 0 saturated heterocycles. The predicted octanol–water partition coefficient (Wildman–Crippen LogP) is 4.87. The Kier molecular flexibility index (Phi) is 6.13. The van der Waals surface area contributed by atoms with Crippen LogP contribution in [-0.4, -0.2) is 16.1 Å². The molecule has 0 fully saturated rings. The first-order valence-electron chi connectivity index (χ1n) is 7.83. The number of anilines is 1. The number of halogens is 2. The molecule has 0 bridgehead atoms. The van der Waals surface area contributed by atoms with Crippen molar-refractivity contribution in [3.05, 3.63) is 76.0 Å². The molecule has 0 spiro atoms. The Morgan fingerprint density at radius 3 is 2.44 bits per heavy atom. The van der Waals surface area contributed by atoms with Crippen LogP contribution < -0.4 is 10.6 Å². The van der Waals surface area contributed by atoms with E-state index in [0.717, 1.165) is 5.56 Å². The summed E-state index contributed by atoms with van der Waals surface area (Å²) in [6.07, 6.45) is 0. The molecule has 0 unspecified atom stereocenters. The molecule has 138 valence electrons. The first-order valence-corrected chi connectivity index (χ1v) is 9.00. The van der Waals surface area contributed by atoms with Gasteiger partial charge < -0.3 is 14.8 Å². The molecule has 2 aromatic carbocycles. The number of amides is 1. The Labute approximate surface area is 170 Å². The van der Waals surface area contributed by atoms with Gasteiger partial charge in [-0.3, -0.25) is 10.1 Å². The minimum absolute atomic E-state index is 0.138. The van der Waals surface area contributed by atoms with Gasteiger partial charge >= 0.3 is 0 Å². The fourth-order valence-corrected chi connectivity index (χ4v) is 3.05. The quantitative estimate of drug-likeness (QED) is 0.524. The zero-order valence-corrected chi connectivity index (χ0v) is 16.2. The van der Waals surface area contributed by atoms with Crippen molar-refractivity contribution in [3.8, 4) is 11.3 Å². The van der Waals surface area contributed by atoms with Gasteiger partial charge in [-0.25, -0.2) is 0 Å². The minimum Gasteiger partial charge on any atom is -0.459 e. The van der Waals surface area contributed by atoms with Crippen LogP contribution in [0.15, 0.2) is 59.0 Å². The number of rotatable bonds is 4. The molecular weight excluding hydrogens is 407 g/mol. The minimum atomic E-state index is -0.432. The Balaban J connectivity index is 1.63. The third-order valence-corrected chi connectivity index (χ3v) is 4.40. The summed E-state index contributed by atoms with van der Waals surface area (Å²) in [5.74, 6) is 0.716. The van der Waals surface area contributed by atoms with Gasteiger partial charge in [0.05, 0.1) is 10.6 Å². The number of hydrogen-bond acceptors (Lipinski definition) is 4. The molecule has 1 amide bonds. The third kappa shape index (κ3) is 4.87. The van der Waals surface area contributed by atoms with Crippen molar-refractivity contribution in [2.45, 2.75) is 6.61 Å². The molecule has 0 radical (unpaired) electrons. The molecule has 1 heterocycles. The number of thiocarbonyl (C=S) groups is 1. The van der Waals surface area contributed by atoms with Crippen molar-refractivity contribution in [1.29, 1.82) is 0 Å². The van der Waals surface area contributed by atoms with Gasteiger partial charge in [-0.1, -0.05) is 23.2 Å². The van der Waals surface area contributed by atoms with E-state index >= 15 is 0 Å². The molecule has 3 rings (SSSR count). The highest BCUT2D eigenvalue weighted by Crippen LogP contribution is 2.24. The van der Waals surface area contributed by atoms with E-state index in [1.54, 1.807) is 30.3 Å². The summed E-state index contributed by atoms with van der Waals surface area (Å²) >= 11 is 17.0. The fourth-order valence-electron chi connectivity index (χ4n) is 2.34. The Morgan fingerprint density at radius 1 is 1.07 bits per heavy atom. The number of furan rings is 1. The Bertz CT molecular complexity index is 987. The molecule has 0 atom stereocenters. The Hall–Kier alpha value is -2.38. The topological polar surface area (TPSA) is 74.5 Å². The summed E-state index contributed by atoms with van der Waals surface area (Å²) in [5, 5.41) is 15.4. The third-order valence-electron chi connectivity index (χ3n) is 3.65. The van der Waals surface area contributed by atoms with Gasteiger partial charge in [0.2, 0.25) is 0 Å². The van der Waals surface area contributed by atoms with Gasteiger partial charge in [-0.15, -0.1) is 0 Å². The van der Waals surface area contributed by atoms with Crippen LogP contribution in [-0.2, 0) is 6.61 Å². The highest BCUT2D eigenvalue weighted by atomic mass is 35.5. The maximum atomic E-state index is 12.2. The van der Waals surface area contributed by atoms with Crippen LogP contribution >= 0.6 is 35.4 Å².